The maximum Gasteiger partial charge on any atom is 0.317 e. The molecule has 0 aromatic rings. The van der Waals surface area contributed by atoms with Gasteiger partial charge in [0.05, 0.1) is 23.7 Å². The molecule has 3 atom stereocenters. The standard InChI is InChI=1S/C11H20N2O4S/c1-8-5-13(6-9(2)17-8)11(14)12-10-3-4-18(15,16)7-10/h8-10H,3-7H2,1-2H3,(H,12,14)/t8-,9+,10-/m0/s1. The van der Waals surface area contributed by atoms with Gasteiger partial charge in [0.1, 0.15) is 0 Å². The SMILES string of the molecule is C[C@@H]1CN(C(=O)N[C@H]2CCS(=O)(=O)C2)C[C@H](C)O1. The lowest BCUT2D eigenvalue weighted by Crippen LogP contribution is -2.53. The number of carbonyl (C=O) groups excluding carboxylic acids is 1. The van der Waals surface area contributed by atoms with Crippen LogP contribution in [0.1, 0.15) is 20.3 Å². The van der Waals surface area contributed by atoms with E-state index in [9.17, 15) is 13.2 Å². The molecule has 2 fully saturated rings. The Morgan fingerprint density at radius 1 is 1.28 bits per heavy atom. The minimum atomic E-state index is -2.95. The molecule has 0 aromatic carbocycles. The number of hydrogen-bond donors (Lipinski definition) is 1. The number of carbonyl (C=O) groups is 1. The highest BCUT2D eigenvalue weighted by molar-refractivity contribution is 7.91. The van der Waals surface area contributed by atoms with Gasteiger partial charge in [0.25, 0.3) is 0 Å². The Balaban J connectivity index is 1.88. The quantitative estimate of drug-likeness (QED) is 0.731. The summed E-state index contributed by atoms with van der Waals surface area (Å²) in [5.74, 6) is 0.238. The molecule has 0 bridgehead atoms. The van der Waals surface area contributed by atoms with Gasteiger partial charge in [0.15, 0.2) is 9.84 Å². The Morgan fingerprint density at radius 2 is 1.89 bits per heavy atom. The van der Waals surface area contributed by atoms with E-state index in [1.54, 1.807) is 4.90 Å². The molecule has 2 aliphatic rings. The number of hydrogen-bond acceptors (Lipinski definition) is 4. The van der Waals surface area contributed by atoms with Crippen molar-refractivity contribution in [1.82, 2.24) is 10.2 Å². The molecule has 0 unspecified atom stereocenters. The average molecular weight is 276 g/mol. The summed E-state index contributed by atoms with van der Waals surface area (Å²) in [6, 6.07) is -0.421. The monoisotopic (exact) mass is 276 g/mol. The van der Waals surface area contributed by atoms with Crippen LogP contribution in [0, 0.1) is 0 Å². The summed E-state index contributed by atoms with van der Waals surface area (Å²) in [6.07, 6.45) is 0.558. The zero-order valence-corrected chi connectivity index (χ0v) is 11.6. The summed E-state index contributed by atoms with van der Waals surface area (Å²) < 4.78 is 28.2. The average Bonchev–Trinajstić information content (AvgIpc) is 2.56. The van der Waals surface area contributed by atoms with Crippen molar-refractivity contribution >= 4 is 15.9 Å². The van der Waals surface area contributed by atoms with Crippen LogP contribution in [0.4, 0.5) is 4.79 Å². The first-order valence-corrected chi connectivity index (χ1v) is 8.09. The van der Waals surface area contributed by atoms with Crippen molar-refractivity contribution in [2.24, 2.45) is 0 Å². The van der Waals surface area contributed by atoms with E-state index in [0.717, 1.165) is 0 Å². The number of rotatable bonds is 1. The molecule has 0 saturated carbocycles. The molecule has 2 aliphatic heterocycles. The fraction of sp³-hybridized carbons (Fsp3) is 0.909. The van der Waals surface area contributed by atoms with Crippen LogP contribution in [-0.4, -0.2) is 62.2 Å². The van der Waals surface area contributed by atoms with Crippen LogP contribution in [0.15, 0.2) is 0 Å². The zero-order valence-electron chi connectivity index (χ0n) is 10.8. The predicted octanol–water partition coefficient (Wildman–Crippen LogP) is -0.00770. The maximum absolute atomic E-state index is 12.0. The van der Waals surface area contributed by atoms with Crippen LogP contribution >= 0.6 is 0 Å². The van der Waals surface area contributed by atoms with Gasteiger partial charge in [-0.1, -0.05) is 0 Å². The van der Waals surface area contributed by atoms with Gasteiger partial charge >= 0.3 is 6.03 Å². The van der Waals surface area contributed by atoms with Crippen LogP contribution in [0.3, 0.4) is 0 Å². The molecular formula is C11H20N2O4S. The van der Waals surface area contributed by atoms with Crippen LogP contribution in [0.25, 0.3) is 0 Å². The zero-order chi connectivity index (χ0) is 13.3. The second-order valence-electron chi connectivity index (χ2n) is 5.21. The summed E-state index contributed by atoms with van der Waals surface area (Å²) in [6.45, 7) is 4.96. The van der Waals surface area contributed by atoms with Gasteiger partial charge < -0.3 is 15.0 Å². The highest BCUT2D eigenvalue weighted by Crippen LogP contribution is 2.14. The molecule has 7 heteroatoms. The minimum Gasteiger partial charge on any atom is -0.372 e. The van der Waals surface area contributed by atoms with Gasteiger partial charge in [-0.2, -0.15) is 0 Å². The maximum atomic E-state index is 12.0. The van der Waals surface area contributed by atoms with Crippen molar-refractivity contribution in [3.63, 3.8) is 0 Å². The van der Waals surface area contributed by atoms with Crippen molar-refractivity contribution in [2.75, 3.05) is 24.6 Å². The van der Waals surface area contributed by atoms with E-state index >= 15 is 0 Å². The summed E-state index contributed by atoms with van der Waals surface area (Å²) in [4.78, 5) is 13.7. The van der Waals surface area contributed by atoms with Crippen molar-refractivity contribution in [1.29, 1.82) is 0 Å². The largest absolute Gasteiger partial charge is 0.372 e. The Kier molecular flexibility index (Phi) is 3.82. The smallest absolute Gasteiger partial charge is 0.317 e. The molecule has 0 spiro atoms. The summed E-state index contributed by atoms with van der Waals surface area (Å²) >= 11 is 0. The number of sulfone groups is 1. The van der Waals surface area contributed by atoms with Gasteiger partial charge in [-0.05, 0) is 20.3 Å². The lowest BCUT2D eigenvalue weighted by atomic mass is 10.2. The molecule has 18 heavy (non-hydrogen) atoms. The lowest BCUT2D eigenvalue weighted by Gasteiger charge is -2.35. The highest BCUT2D eigenvalue weighted by Gasteiger charge is 2.32. The second kappa shape index (κ2) is 5.05. The Labute approximate surface area is 108 Å². The lowest BCUT2D eigenvalue weighted by molar-refractivity contribution is -0.0547. The van der Waals surface area contributed by atoms with Crippen LogP contribution < -0.4 is 5.32 Å². The van der Waals surface area contributed by atoms with Crippen LogP contribution in [-0.2, 0) is 14.6 Å². The van der Waals surface area contributed by atoms with Gasteiger partial charge in [-0.15, -0.1) is 0 Å². The summed E-state index contributed by atoms with van der Waals surface area (Å²) in [5, 5.41) is 2.80. The van der Waals surface area contributed by atoms with E-state index in [0.29, 0.717) is 19.5 Å². The molecule has 2 rings (SSSR count). The fourth-order valence-corrected chi connectivity index (χ4v) is 4.19. The molecule has 0 radical (unpaired) electrons. The Bertz CT molecular complexity index is 413. The topological polar surface area (TPSA) is 75.7 Å². The number of ether oxygens (including phenoxy) is 1. The number of morpholine rings is 1. The second-order valence-corrected chi connectivity index (χ2v) is 7.44. The van der Waals surface area contributed by atoms with E-state index in [1.807, 2.05) is 13.8 Å². The fourth-order valence-electron chi connectivity index (χ4n) is 2.52. The first kappa shape index (κ1) is 13.6. The van der Waals surface area contributed by atoms with Gasteiger partial charge in [0.2, 0.25) is 0 Å². The Morgan fingerprint density at radius 3 is 2.39 bits per heavy atom. The predicted molar refractivity (Wildman–Crippen MR) is 67.2 cm³/mol. The van der Waals surface area contributed by atoms with Crippen molar-refractivity contribution in [3.05, 3.63) is 0 Å². The molecule has 2 amide bonds. The molecule has 6 nitrogen and oxygen atoms in total. The third-order valence-electron chi connectivity index (χ3n) is 3.27. The first-order valence-electron chi connectivity index (χ1n) is 6.27. The number of urea groups is 1. The van der Waals surface area contributed by atoms with Crippen molar-refractivity contribution in [2.45, 2.75) is 38.5 Å². The molecule has 104 valence electrons. The molecule has 2 saturated heterocycles. The van der Waals surface area contributed by atoms with Crippen LogP contribution in [0.2, 0.25) is 0 Å². The van der Waals surface area contributed by atoms with E-state index in [2.05, 4.69) is 5.32 Å². The third kappa shape index (κ3) is 3.35. The van der Waals surface area contributed by atoms with Gasteiger partial charge in [-0.25, -0.2) is 13.2 Å². The third-order valence-corrected chi connectivity index (χ3v) is 5.03. The number of amides is 2. The molecule has 0 aliphatic carbocycles. The normalized spacial score (nSPS) is 35.4. The van der Waals surface area contributed by atoms with E-state index < -0.39 is 9.84 Å². The molecule has 2 heterocycles. The highest BCUT2D eigenvalue weighted by atomic mass is 32.2. The van der Waals surface area contributed by atoms with Crippen LogP contribution in [0.5, 0.6) is 0 Å². The number of nitrogens with zero attached hydrogens (tertiary/aromatic N) is 1. The van der Waals surface area contributed by atoms with Crippen molar-refractivity contribution < 1.29 is 17.9 Å². The Hall–Kier alpha value is -0.820. The number of nitrogens with one attached hydrogen (secondary N) is 1. The molecule has 1 N–H and O–H groups in total. The van der Waals surface area contributed by atoms with E-state index in [4.69, 9.17) is 4.74 Å². The van der Waals surface area contributed by atoms with E-state index in [1.165, 1.54) is 0 Å². The minimum absolute atomic E-state index is 0.0202. The van der Waals surface area contributed by atoms with Gasteiger partial charge in [-0.3, -0.25) is 0 Å². The van der Waals surface area contributed by atoms with Gasteiger partial charge in [0, 0.05) is 19.1 Å². The summed E-state index contributed by atoms with van der Waals surface area (Å²) in [5.41, 5.74) is 0. The van der Waals surface area contributed by atoms with Crippen molar-refractivity contribution in [3.8, 4) is 0 Å². The molecule has 0 aromatic heterocycles. The first-order chi connectivity index (χ1) is 8.35. The van der Waals surface area contributed by atoms with E-state index in [-0.39, 0.29) is 35.8 Å². The summed E-state index contributed by atoms with van der Waals surface area (Å²) in [7, 11) is -2.95. The molecular weight excluding hydrogens is 256 g/mol.